The Morgan fingerprint density at radius 1 is 1.16 bits per heavy atom. The maximum absolute atomic E-state index is 11.0. The molecule has 0 aromatic heterocycles. The Morgan fingerprint density at radius 2 is 1.68 bits per heavy atom. The highest BCUT2D eigenvalue weighted by molar-refractivity contribution is 5.78. The van der Waals surface area contributed by atoms with E-state index in [1.54, 1.807) is 0 Å². The average Bonchev–Trinajstić information content (AvgIpc) is 2.25. The first-order chi connectivity index (χ1) is 8.81. The lowest BCUT2D eigenvalue weighted by Crippen LogP contribution is -2.26. The topological polar surface area (TPSA) is 86.6 Å². The Kier molecular flexibility index (Phi) is 4.92. The second kappa shape index (κ2) is 6.22. The van der Waals surface area contributed by atoms with E-state index in [0.717, 1.165) is 22.4 Å². The highest BCUT2D eigenvalue weighted by atomic mass is 16.4. The maximum atomic E-state index is 11.0. The van der Waals surface area contributed by atoms with Gasteiger partial charge in [0.15, 0.2) is 0 Å². The standard InChI is InChI=1S/C14H19NO4/c1-8-4-9(2)13(10(3)5-8)15-7-11(14(18)19)6-12(16)17/h4-5,11,15H,6-7H2,1-3H3,(H,16,17)(H,18,19). The normalized spacial score (nSPS) is 11.9. The van der Waals surface area contributed by atoms with Crippen molar-refractivity contribution in [3.8, 4) is 0 Å². The van der Waals surface area contributed by atoms with E-state index in [-0.39, 0.29) is 13.0 Å². The second-order valence-corrected chi connectivity index (χ2v) is 4.79. The van der Waals surface area contributed by atoms with E-state index in [4.69, 9.17) is 10.2 Å². The fourth-order valence-corrected chi connectivity index (χ4v) is 2.14. The quantitative estimate of drug-likeness (QED) is 0.734. The number of hydrogen-bond donors (Lipinski definition) is 3. The van der Waals surface area contributed by atoms with Crippen LogP contribution in [0.5, 0.6) is 0 Å². The predicted octanol–water partition coefficient (Wildman–Crippen LogP) is 2.20. The van der Waals surface area contributed by atoms with Crippen LogP contribution in [0.4, 0.5) is 5.69 Å². The van der Waals surface area contributed by atoms with E-state index in [1.165, 1.54) is 0 Å². The van der Waals surface area contributed by atoms with Crippen LogP contribution in [0.2, 0.25) is 0 Å². The number of hydrogen-bond acceptors (Lipinski definition) is 3. The Morgan fingerprint density at radius 3 is 2.11 bits per heavy atom. The third-order valence-corrected chi connectivity index (χ3v) is 2.97. The van der Waals surface area contributed by atoms with Crippen molar-refractivity contribution in [1.29, 1.82) is 0 Å². The highest BCUT2D eigenvalue weighted by Crippen LogP contribution is 2.22. The zero-order valence-electron chi connectivity index (χ0n) is 11.4. The molecule has 1 aromatic carbocycles. The number of anilines is 1. The van der Waals surface area contributed by atoms with E-state index in [2.05, 4.69) is 5.32 Å². The monoisotopic (exact) mass is 265 g/mol. The van der Waals surface area contributed by atoms with Crippen LogP contribution in [0, 0.1) is 26.7 Å². The van der Waals surface area contributed by atoms with Crippen LogP contribution in [-0.2, 0) is 9.59 Å². The summed E-state index contributed by atoms with van der Waals surface area (Å²) in [6.45, 7) is 5.98. The summed E-state index contributed by atoms with van der Waals surface area (Å²) in [5.41, 5.74) is 4.07. The first-order valence-electron chi connectivity index (χ1n) is 6.07. The van der Waals surface area contributed by atoms with E-state index in [0.29, 0.717) is 0 Å². The van der Waals surface area contributed by atoms with Gasteiger partial charge >= 0.3 is 11.9 Å². The van der Waals surface area contributed by atoms with Crippen LogP contribution in [0.1, 0.15) is 23.1 Å². The minimum atomic E-state index is -1.11. The molecule has 1 atom stereocenters. The molecule has 0 fully saturated rings. The number of rotatable bonds is 6. The molecule has 0 radical (unpaired) electrons. The van der Waals surface area contributed by atoms with E-state index in [1.807, 2.05) is 32.9 Å². The average molecular weight is 265 g/mol. The molecule has 0 bridgehead atoms. The van der Waals surface area contributed by atoms with Crippen LogP contribution in [0.25, 0.3) is 0 Å². The van der Waals surface area contributed by atoms with E-state index < -0.39 is 17.9 Å². The largest absolute Gasteiger partial charge is 0.481 e. The molecule has 0 amide bonds. The SMILES string of the molecule is Cc1cc(C)c(NCC(CC(=O)O)C(=O)O)c(C)c1. The van der Waals surface area contributed by atoms with Crippen molar-refractivity contribution < 1.29 is 19.8 Å². The fourth-order valence-electron chi connectivity index (χ4n) is 2.14. The molecule has 1 rings (SSSR count). The van der Waals surface area contributed by atoms with Gasteiger partial charge in [-0.2, -0.15) is 0 Å². The predicted molar refractivity (Wildman–Crippen MR) is 72.5 cm³/mol. The zero-order chi connectivity index (χ0) is 14.6. The Balaban J connectivity index is 2.80. The van der Waals surface area contributed by atoms with Gasteiger partial charge in [-0.15, -0.1) is 0 Å². The van der Waals surface area contributed by atoms with Crippen molar-refractivity contribution in [2.24, 2.45) is 5.92 Å². The van der Waals surface area contributed by atoms with Crippen LogP contribution < -0.4 is 5.32 Å². The molecule has 1 aromatic rings. The minimum Gasteiger partial charge on any atom is -0.481 e. The van der Waals surface area contributed by atoms with Crippen LogP contribution in [0.3, 0.4) is 0 Å². The summed E-state index contributed by atoms with van der Waals surface area (Å²) in [5.74, 6) is -3.14. The molecule has 5 nitrogen and oxygen atoms in total. The highest BCUT2D eigenvalue weighted by Gasteiger charge is 2.21. The molecule has 0 saturated carbocycles. The lowest BCUT2D eigenvalue weighted by atomic mass is 10.0. The molecule has 0 heterocycles. The molecule has 0 saturated heterocycles. The van der Waals surface area contributed by atoms with Gasteiger partial charge in [0.05, 0.1) is 12.3 Å². The molecule has 3 N–H and O–H groups in total. The fraction of sp³-hybridized carbons (Fsp3) is 0.429. The van der Waals surface area contributed by atoms with Crippen molar-refractivity contribution in [3.05, 3.63) is 28.8 Å². The number of aryl methyl sites for hydroxylation is 3. The van der Waals surface area contributed by atoms with Crippen molar-refractivity contribution in [2.45, 2.75) is 27.2 Å². The lowest BCUT2D eigenvalue weighted by molar-refractivity contribution is -0.147. The van der Waals surface area contributed by atoms with Gasteiger partial charge < -0.3 is 15.5 Å². The van der Waals surface area contributed by atoms with Crippen molar-refractivity contribution in [2.75, 3.05) is 11.9 Å². The minimum absolute atomic E-state index is 0.104. The summed E-state index contributed by atoms with van der Waals surface area (Å²) >= 11 is 0. The molecular formula is C14H19NO4. The van der Waals surface area contributed by atoms with Gasteiger partial charge in [0, 0.05) is 12.2 Å². The third-order valence-electron chi connectivity index (χ3n) is 2.97. The Labute approximate surface area is 112 Å². The smallest absolute Gasteiger partial charge is 0.308 e. The number of aliphatic carboxylic acids is 2. The van der Waals surface area contributed by atoms with Gasteiger partial charge in [0.25, 0.3) is 0 Å². The lowest BCUT2D eigenvalue weighted by Gasteiger charge is -2.16. The van der Waals surface area contributed by atoms with Crippen molar-refractivity contribution >= 4 is 17.6 Å². The van der Waals surface area contributed by atoms with Gasteiger partial charge in [0.1, 0.15) is 0 Å². The maximum Gasteiger partial charge on any atom is 0.308 e. The second-order valence-electron chi connectivity index (χ2n) is 4.79. The first-order valence-corrected chi connectivity index (χ1v) is 6.07. The van der Waals surface area contributed by atoms with Crippen molar-refractivity contribution in [3.63, 3.8) is 0 Å². The molecule has 19 heavy (non-hydrogen) atoms. The Bertz CT molecular complexity index is 473. The molecule has 5 heteroatoms. The summed E-state index contributed by atoms with van der Waals surface area (Å²) in [6, 6.07) is 4.00. The third kappa shape index (κ3) is 4.28. The van der Waals surface area contributed by atoms with Crippen molar-refractivity contribution in [1.82, 2.24) is 0 Å². The number of carboxylic acids is 2. The number of benzene rings is 1. The molecule has 0 spiro atoms. The van der Waals surface area contributed by atoms with Gasteiger partial charge in [-0.05, 0) is 31.9 Å². The summed E-state index contributed by atoms with van der Waals surface area (Å²) < 4.78 is 0. The number of carbonyl (C=O) groups is 2. The molecule has 0 aliphatic heterocycles. The summed E-state index contributed by atoms with van der Waals surface area (Å²) in [4.78, 5) is 21.6. The molecule has 104 valence electrons. The summed E-state index contributed by atoms with van der Waals surface area (Å²) in [5, 5.41) is 20.7. The summed E-state index contributed by atoms with van der Waals surface area (Å²) in [7, 11) is 0. The van der Waals surface area contributed by atoms with Crippen LogP contribution in [0.15, 0.2) is 12.1 Å². The molecule has 0 aliphatic carbocycles. The van der Waals surface area contributed by atoms with Crippen LogP contribution >= 0.6 is 0 Å². The van der Waals surface area contributed by atoms with Gasteiger partial charge in [0.2, 0.25) is 0 Å². The van der Waals surface area contributed by atoms with Gasteiger partial charge in [-0.1, -0.05) is 17.7 Å². The Hall–Kier alpha value is -2.04. The first kappa shape index (κ1) is 15.0. The number of carboxylic acid groups (broad SMARTS) is 2. The number of nitrogens with one attached hydrogen (secondary N) is 1. The molecular weight excluding hydrogens is 246 g/mol. The van der Waals surface area contributed by atoms with Crippen LogP contribution in [-0.4, -0.2) is 28.7 Å². The molecule has 0 aliphatic rings. The van der Waals surface area contributed by atoms with E-state index >= 15 is 0 Å². The van der Waals surface area contributed by atoms with Gasteiger partial charge in [-0.25, -0.2) is 0 Å². The van der Waals surface area contributed by atoms with E-state index in [9.17, 15) is 9.59 Å². The summed E-state index contributed by atoms with van der Waals surface area (Å²) in [6.07, 6.45) is -0.383. The molecule has 1 unspecified atom stereocenters. The zero-order valence-corrected chi connectivity index (χ0v) is 11.4. The van der Waals surface area contributed by atoms with Gasteiger partial charge in [-0.3, -0.25) is 9.59 Å².